The molecule has 0 radical (unpaired) electrons. The zero-order chi connectivity index (χ0) is 17.8. The summed E-state index contributed by atoms with van der Waals surface area (Å²) in [5, 5.41) is 18.6. The molecule has 0 aliphatic rings. The molecule has 4 N–H and O–H groups in total. The Bertz CT molecular complexity index is 856. The highest BCUT2D eigenvalue weighted by Gasteiger charge is 2.18. The van der Waals surface area contributed by atoms with Gasteiger partial charge in [-0.15, -0.1) is 11.3 Å². The number of H-pyrrole nitrogens is 1. The number of aliphatic hydroxyl groups excluding tert-OH is 1. The predicted molar refractivity (Wildman–Crippen MR) is 101 cm³/mol. The Balaban J connectivity index is 1.78. The van der Waals surface area contributed by atoms with Crippen LogP contribution in [0.2, 0.25) is 0 Å². The maximum Gasteiger partial charge on any atom is 0.263 e. The van der Waals surface area contributed by atoms with Gasteiger partial charge in [0.1, 0.15) is 10.5 Å². The number of nitrogens with one attached hydrogen (secondary N) is 3. The average molecular weight is 358 g/mol. The summed E-state index contributed by atoms with van der Waals surface area (Å²) in [5.41, 5.74) is 2.43. The molecule has 0 aliphatic heterocycles. The highest BCUT2D eigenvalue weighted by molar-refractivity contribution is 7.12. The zero-order valence-electron chi connectivity index (χ0n) is 14.2. The zero-order valence-corrected chi connectivity index (χ0v) is 15.1. The lowest BCUT2D eigenvalue weighted by Gasteiger charge is -2.18. The van der Waals surface area contributed by atoms with E-state index in [2.05, 4.69) is 34.4 Å². The summed E-state index contributed by atoms with van der Waals surface area (Å²) in [6.07, 6.45) is 4.30. The first-order valence-corrected chi connectivity index (χ1v) is 9.14. The Hall–Kier alpha value is -2.38. The molecule has 0 aromatic carbocycles. The number of aromatic amines is 1. The lowest BCUT2D eigenvalue weighted by molar-refractivity contribution is 0.0913. The molecule has 3 aromatic rings. The van der Waals surface area contributed by atoms with E-state index in [0.29, 0.717) is 10.8 Å². The Labute approximate surface area is 150 Å². The molecular weight excluding hydrogens is 336 g/mol. The first-order valence-electron chi connectivity index (χ1n) is 8.26. The van der Waals surface area contributed by atoms with Crippen molar-refractivity contribution in [2.24, 2.45) is 5.92 Å². The second kappa shape index (κ2) is 7.67. The lowest BCUT2D eigenvalue weighted by atomic mass is 10.0. The van der Waals surface area contributed by atoms with E-state index in [1.807, 2.05) is 29.8 Å². The van der Waals surface area contributed by atoms with Crippen molar-refractivity contribution in [3.05, 3.63) is 40.8 Å². The van der Waals surface area contributed by atoms with Crippen LogP contribution < -0.4 is 10.6 Å². The Kier molecular flexibility index (Phi) is 5.35. The van der Waals surface area contributed by atoms with E-state index in [9.17, 15) is 9.90 Å². The maximum atomic E-state index is 12.6. The number of hydrogen-bond acceptors (Lipinski definition) is 5. The third-order valence-corrected chi connectivity index (χ3v) is 4.83. The van der Waals surface area contributed by atoms with Gasteiger partial charge in [0, 0.05) is 17.8 Å². The lowest BCUT2D eigenvalue weighted by Crippen LogP contribution is -2.38. The fraction of sp³-hybridized carbons (Fsp3) is 0.333. The molecule has 132 valence electrons. The summed E-state index contributed by atoms with van der Waals surface area (Å²) in [6, 6.07) is 5.47. The summed E-state index contributed by atoms with van der Waals surface area (Å²) in [5.74, 6) is 0.230. The first kappa shape index (κ1) is 17.4. The summed E-state index contributed by atoms with van der Waals surface area (Å²) in [7, 11) is 0. The number of pyridine rings is 1. The number of fused-ring (bicyclic) bond motifs is 1. The van der Waals surface area contributed by atoms with Crippen LogP contribution in [0.4, 0.5) is 11.4 Å². The smallest absolute Gasteiger partial charge is 0.263 e. The highest BCUT2D eigenvalue weighted by Crippen LogP contribution is 2.29. The molecule has 0 fully saturated rings. The summed E-state index contributed by atoms with van der Waals surface area (Å²) in [6.45, 7) is 4.07. The highest BCUT2D eigenvalue weighted by atomic mass is 32.1. The van der Waals surface area contributed by atoms with Gasteiger partial charge in [-0.3, -0.25) is 4.79 Å². The molecule has 25 heavy (non-hydrogen) atoms. The molecule has 0 saturated carbocycles. The van der Waals surface area contributed by atoms with Gasteiger partial charge in [-0.1, -0.05) is 13.8 Å². The molecular formula is C18H22N4O2S. The molecule has 1 amide bonds. The molecule has 0 spiro atoms. The summed E-state index contributed by atoms with van der Waals surface area (Å²) < 4.78 is 0. The van der Waals surface area contributed by atoms with Gasteiger partial charge in [0.05, 0.1) is 24.0 Å². The fourth-order valence-electron chi connectivity index (χ4n) is 2.80. The minimum Gasteiger partial charge on any atom is -0.394 e. The summed E-state index contributed by atoms with van der Waals surface area (Å²) >= 11 is 1.38. The monoisotopic (exact) mass is 358 g/mol. The second-order valence-electron chi connectivity index (χ2n) is 6.37. The van der Waals surface area contributed by atoms with E-state index in [4.69, 9.17) is 0 Å². The van der Waals surface area contributed by atoms with Gasteiger partial charge in [-0.25, -0.2) is 4.98 Å². The van der Waals surface area contributed by atoms with Crippen molar-refractivity contribution < 1.29 is 9.90 Å². The normalized spacial score (nSPS) is 12.5. The number of anilines is 2. The van der Waals surface area contributed by atoms with Crippen LogP contribution in [0.1, 0.15) is 29.9 Å². The standard InChI is InChI=1S/C18H22N4O2S/c1-11(2)9-12(10-23)21-18(24)16-15(5-8-25-16)22-14-4-7-20-17-13(14)3-6-19-17/h3-8,11-12,23H,9-10H2,1-2H3,(H,21,24)(H2,19,20,22). The van der Waals surface area contributed by atoms with Crippen molar-refractivity contribution >= 4 is 39.7 Å². The molecule has 6 nitrogen and oxygen atoms in total. The van der Waals surface area contributed by atoms with Gasteiger partial charge < -0.3 is 20.7 Å². The van der Waals surface area contributed by atoms with E-state index < -0.39 is 0 Å². The van der Waals surface area contributed by atoms with Crippen LogP contribution in [0, 0.1) is 5.92 Å². The molecule has 1 unspecified atom stereocenters. The Morgan fingerprint density at radius 3 is 2.92 bits per heavy atom. The third kappa shape index (κ3) is 4.00. The maximum absolute atomic E-state index is 12.6. The first-order chi connectivity index (χ1) is 12.1. The Morgan fingerprint density at radius 1 is 1.32 bits per heavy atom. The van der Waals surface area contributed by atoms with Crippen LogP contribution in [-0.2, 0) is 0 Å². The number of aliphatic hydroxyl groups is 1. The van der Waals surface area contributed by atoms with E-state index in [0.717, 1.165) is 28.8 Å². The van der Waals surface area contributed by atoms with Crippen LogP contribution in [-0.4, -0.2) is 33.6 Å². The van der Waals surface area contributed by atoms with Crippen LogP contribution in [0.3, 0.4) is 0 Å². The fourth-order valence-corrected chi connectivity index (χ4v) is 3.55. The summed E-state index contributed by atoms with van der Waals surface area (Å²) in [4.78, 5) is 20.6. The van der Waals surface area contributed by atoms with Crippen molar-refractivity contribution in [2.75, 3.05) is 11.9 Å². The van der Waals surface area contributed by atoms with E-state index in [1.165, 1.54) is 11.3 Å². The number of amides is 1. The number of hydrogen-bond donors (Lipinski definition) is 4. The van der Waals surface area contributed by atoms with Gasteiger partial charge in [0.2, 0.25) is 0 Å². The quantitative estimate of drug-likeness (QED) is 0.520. The average Bonchev–Trinajstić information content (AvgIpc) is 3.23. The van der Waals surface area contributed by atoms with E-state index >= 15 is 0 Å². The molecule has 3 rings (SSSR count). The predicted octanol–water partition coefficient (Wildman–Crippen LogP) is 3.50. The number of nitrogens with zero attached hydrogens (tertiary/aromatic N) is 1. The Morgan fingerprint density at radius 2 is 2.16 bits per heavy atom. The number of carbonyl (C=O) groups excluding carboxylic acids is 1. The SMILES string of the molecule is CC(C)CC(CO)NC(=O)c1sccc1Nc1ccnc2[nH]ccc12. The molecule has 3 aromatic heterocycles. The van der Waals surface area contributed by atoms with Crippen LogP contribution >= 0.6 is 11.3 Å². The molecule has 7 heteroatoms. The molecule has 0 saturated heterocycles. The van der Waals surface area contributed by atoms with Gasteiger partial charge in [0.15, 0.2) is 0 Å². The number of rotatable bonds is 7. The van der Waals surface area contributed by atoms with Gasteiger partial charge in [-0.05, 0) is 35.9 Å². The van der Waals surface area contributed by atoms with Crippen molar-refractivity contribution in [3.8, 4) is 0 Å². The topological polar surface area (TPSA) is 90.0 Å². The van der Waals surface area contributed by atoms with Crippen molar-refractivity contribution in [1.29, 1.82) is 0 Å². The largest absolute Gasteiger partial charge is 0.394 e. The van der Waals surface area contributed by atoms with E-state index in [1.54, 1.807) is 6.20 Å². The van der Waals surface area contributed by atoms with Crippen LogP contribution in [0.15, 0.2) is 36.0 Å². The van der Waals surface area contributed by atoms with Crippen molar-refractivity contribution in [2.45, 2.75) is 26.3 Å². The number of carbonyl (C=O) groups is 1. The second-order valence-corrected chi connectivity index (χ2v) is 7.29. The van der Waals surface area contributed by atoms with Crippen LogP contribution in [0.5, 0.6) is 0 Å². The van der Waals surface area contributed by atoms with Crippen molar-refractivity contribution in [3.63, 3.8) is 0 Å². The minimum atomic E-state index is -0.236. The number of aromatic nitrogens is 2. The molecule has 0 bridgehead atoms. The number of thiophene rings is 1. The molecule has 0 aliphatic carbocycles. The van der Waals surface area contributed by atoms with Crippen LogP contribution in [0.25, 0.3) is 11.0 Å². The van der Waals surface area contributed by atoms with E-state index in [-0.39, 0.29) is 18.6 Å². The molecule has 1 atom stereocenters. The van der Waals surface area contributed by atoms with Gasteiger partial charge >= 0.3 is 0 Å². The van der Waals surface area contributed by atoms with Gasteiger partial charge in [0.25, 0.3) is 5.91 Å². The van der Waals surface area contributed by atoms with Gasteiger partial charge in [-0.2, -0.15) is 0 Å². The third-order valence-electron chi connectivity index (χ3n) is 3.91. The van der Waals surface area contributed by atoms with Crippen molar-refractivity contribution in [1.82, 2.24) is 15.3 Å². The molecule has 3 heterocycles. The minimum absolute atomic E-state index is 0.0631.